The lowest BCUT2D eigenvalue weighted by Crippen LogP contribution is -2.44. The summed E-state index contributed by atoms with van der Waals surface area (Å²) < 4.78 is 0. The van der Waals surface area contributed by atoms with Gasteiger partial charge in [-0.25, -0.2) is 10.2 Å². The number of primary amides is 1. The van der Waals surface area contributed by atoms with Crippen molar-refractivity contribution in [3.05, 3.63) is 29.8 Å². The lowest BCUT2D eigenvalue weighted by molar-refractivity contribution is 0.0937. The van der Waals surface area contributed by atoms with Gasteiger partial charge in [0.05, 0.1) is 0 Å². The summed E-state index contributed by atoms with van der Waals surface area (Å²) in [4.78, 5) is 21.5. The maximum Gasteiger partial charge on any atom is 0.330 e. The molecule has 0 fully saturated rings. The zero-order valence-electron chi connectivity index (χ0n) is 7.15. The molecule has 0 aliphatic rings. The fourth-order valence-corrected chi connectivity index (χ4v) is 0.838. The quantitative estimate of drug-likeness (QED) is 0.462. The van der Waals surface area contributed by atoms with Crippen LogP contribution in [0.4, 0.5) is 4.79 Å². The van der Waals surface area contributed by atoms with Crippen LogP contribution in [0.2, 0.25) is 0 Å². The van der Waals surface area contributed by atoms with Crippen LogP contribution in [0, 0.1) is 0 Å². The van der Waals surface area contributed by atoms with Crippen molar-refractivity contribution >= 4 is 11.9 Å². The van der Waals surface area contributed by atoms with Crippen molar-refractivity contribution in [1.29, 1.82) is 0 Å². The fraction of sp³-hybridized carbons (Fsp3) is 0. The van der Waals surface area contributed by atoms with Crippen molar-refractivity contribution in [3.8, 4) is 5.75 Å². The number of nitrogens with one attached hydrogen (secondary N) is 2. The second kappa shape index (κ2) is 4.13. The number of amides is 3. The number of hydrogen-bond donors (Lipinski definition) is 4. The average Bonchev–Trinajstić information content (AvgIpc) is 2.14. The molecule has 0 saturated carbocycles. The maximum absolute atomic E-state index is 11.2. The molecule has 0 aromatic heterocycles. The van der Waals surface area contributed by atoms with Gasteiger partial charge in [-0.2, -0.15) is 0 Å². The first-order chi connectivity index (χ1) is 6.59. The molecule has 5 N–H and O–H groups in total. The van der Waals surface area contributed by atoms with E-state index in [0.29, 0.717) is 0 Å². The predicted octanol–water partition coefficient (Wildman–Crippen LogP) is -0.295. The zero-order valence-corrected chi connectivity index (χ0v) is 7.15. The lowest BCUT2D eigenvalue weighted by Gasteiger charge is -2.04. The maximum atomic E-state index is 11.2. The third-order valence-electron chi connectivity index (χ3n) is 1.41. The Morgan fingerprint density at radius 2 is 2.00 bits per heavy atom. The van der Waals surface area contributed by atoms with E-state index >= 15 is 0 Å². The molecule has 0 atom stereocenters. The Kier molecular flexibility index (Phi) is 2.90. The largest absolute Gasteiger partial charge is 0.508 e. The van der Waals surface area contributed by atoms with E-state index in [2.05, 4.69) is 5.43 Å². The predicted molar refractivity (Wildman–Crippen MR) is 48.3 cm³/mol. The van der Waals surface area contributed by atoms with Gasteiger partial charge in [-0.15, -0.1) is 0 Å². The van der Waals surface area contributed by atoms with Gasteiger partial charge in [0, 0.05) is 5.56 Å². The number of nitrogens with two attached hydrogens (primary N) is 1. The molecule has 6 heteroatoms. The highest BCUT2D eigenvalue weighted by Crippen LogP contribution is 2.09. The Morgan fingerprint density at radius 3 is 2.57 bits per heavy atom. The summed E-state index contributed by atoms with van der Waals surface area (Å²) in [5.74, 6) is -0.587. The molecule has 0 radical (unpaired) electrons. The van der Waals surface area contributed by atoms with Crippen molar-refractivity contribution in [1.82, 2.24) is 10.9 Å². The van der Waals surface area contributed by atoms with E-state index in [9.17, 15) is 9.59 Å². The number of aromatic hydroxyl groups is 1. The van der Waals surface area contributed by atoms with Gasteiger partial charge in [0.1, 0.15) is 5.75 Å². The van der Waals surface area contributed by atoms with Crippen LogP contribution in [0.25, 0.3) is 0 Å². The number of rotatable bonds is 1. The van der Waals surface area contributed by atoms with Gasteiger partial charge in [0.15, 0.2) is 0 Å². The SMILES string of the molecule is NC(=O)NNC(=O)c1cccc(O)c1. The van der Waals surface area contributed by atoms with Crippen LogP contribution < -0.4 is 16.6 Å². The second-order valence-electron chi connectivity index (χ2n) is 2.49. The molecule has 0 bridgehead atoms. The van der Waals surface area contributed by atoms with Crippen molar-refractivity contribution in [2.24, 2.45) is 5.73 Å². The standard InChI is InChI=1S/C8H9N3O3/c9-8(14)11-10-7(13)5-2-1-3-6(12)4-5/h1-4,12H,(H,10,13)(H3,9,11,14). The molecule has 1 aromatic carbocycles. The van der Waals surface area contributed by atoms with E-state index in [-0.39, 0.29) is 11.3 Å². The van der Waals surface area contributed by atoms with Gasteiger partial charge in [-0.1, -0.05) is 6.07 Å². The van der Waals surface area contributed by atoms with Gasteiger partial charge < -0.3 is 10.8 Å². The van der Waals surface area contributed by atoms with E-state index in [1.807, 2.05) is 5.43 Å². The summed E-state index contributed by atoms with van der Waals surface area (Å²) in [7, 11) is 0. The van der Waals surface area contributed by atoms with Crippen LogP contribution in [0.1, 0.15) is 10.4 Å². The lowest BCUT2D eigenvalue weighted by atomic mass is 10.2. The van der Waals surface area contributed by atoms with Crippen molar-refractivity contribution in [3.63, 3.8) is 0 Å². The van der Waals surface area contributed by atoms with Crippen molar-refractivity contribution in [2.75, 3.05) is 0 Å². The van der Waals surface area contributed by atoms with Gasteiger partial charge in [-0.3, -0.25) is 10.2 Å². The zero-order chi connectivity index (χ0) is 10.6. The molecule has 3 amide bonds. The molecule has 0 aliphatic heterocycles. The molecular formula is C8H9N3O3. The number of hydrazine groups is 1. The van der Waals surface area contributed by atoms with Crippen LogP contribution in [0.3, 0.4) is 0 Å². The monoisotopic (exact) mass is 195 g/mol. The first-order valence-electron chi connectivity index (χ1n) is 3.74. The minimum absolute atomic E-state index is 0.0308. The summed E-state index contributed by atoms with van der Waals surface area (Å²) >= 11 is 0. The molecule has 0 spiro atoms. The minimum atomic E-state index is -0.862. The first-order valence-corrected chi connectivity index (χ1v) is 3.74. The average molecular weight is 195 g/mol. The molecule has 74 valence electrons. The highest BCUT2D eigenvalue weighted by atomic mass is 16.3. The molecule has 0 heterocycles. The molecule has 0 saturated heterocycles. The van der Waals surface area contributed by atoms with Gasteiger partial charge in [0.2, 0.25) is 0 Å². The number of carbonyl (C=O) groups excluding carboxylic acids is 2. The Bertz CT molecular complexity index is 365. The van der Waals surface area contributed by atoms with E-state index in [1.165, 1.54) is 24.3 Å². The summed E-state index contributed by atoms with van der Waals surface area (Å²) in [5, 5.41) is 9.05. The molecule has 1 aromatic rings. The Balaban J connectivity index is 2.65. The summed E-state index contributed by atoms with van der Waals surface area (Å²) in [5.41, 5.74) is 8.93. The number of benzene rings is 1. The molecule has 0 unspecified atom stereocenters. The fourth-order valence-electron chi connectivity index (χ4n) is 0.838. The Hall–Kier alpha value is -2.24. The molecular weight excluding hydrogens is 186 g/mol. The second-order valence-corrected chi connectivity index (χ2v) is 2.49. The van der Waals surface area contributed by atoms with E-state index < -0.39 is 11.9 Å². The highest BCUT2D eigenvalue weighted by molar-refractivity contribution is 5.95. The number of hydrogen-bond acceptors (Lipinski definition) is 3. The molecule has 14 heavy (non-hydrogen) atoms. The molecule has 6 nitrogen and oxygen atoms in total. The third kappa shape index (κ3) is 2.67. The first kappa shape index (κ1) is 9.85. The smallest absolute Gasteiger partial charge is 0.330 e. The van der Waals surface area contributed by atoms with Crippen LogP contribution in [-0.2, 0) is 0 Å². The number of carbonyl (C=O) groups is 2. The van der Waals surface area contributed by atoms with Crippen molar-refractivity contribution in [2.45, 2.75) is 0 Å². The number of urea groups is 1. The van der Waals surface area contributed by atoms with Gasteiger partial charge in [0.25, 0.3) is 5.91 Å². The van der Waals surface area contributed by atoms with E-state index in [0.717, 1.165) is 0 Å². The van der Waals surface area contributed by atoms with Gasteiger partial charge in [-0.05, 0) is 18.2 Å². The van der Waals surface area contributed by atoms with Crippen molar-refractivity contribution < 1.29 is 14.7 Å². The number of phenols is 1. The minimum Gasteiger partial charge on any atom is -0.508 e. The van der Waals surface area contributed by atoms with Crippen LogP contribution in [-0.4, -0.2) is 17.0 Å². The van der Waals surface area contributed by atoms with Crippen LogP contribution >= 0.6 is 0 Å². The summed E-state index contributed by atoms with van der Waals surface area (Å²) in [6.45, 7) is 0. The Labute approximate surface area is 79.7 Å². The topological polar surface area (TPSA) is 104 Å². The molecule has 1 rings (SSSR count). The normalized spacial score (nSPS) is 9.14. The van der Waals surface area contributed by atoms with Crippen LogP contribution in [0.5, 0.6) is 5.75 Å². The van der Waals surface area contributed by atoms with Crippen LogP contribution in [0.15, 0.2) is 24.3 Å². The van der Waals surface area contributed by atoms with E-state index in [4.69, 9.17) is 10.8 Å². The Morgan fingerprint density at radius 1 is 1.29 bits per heavy atom. The third-order valence-corrected chi connectivity index (χ3v) is 1.41. The summed E-state index contributed by atoms with van der Waals surface area (Å²) in [6, 6.07) is 4.82. The van der Waals surface area contributed by atoms with Gasteiger partial charge >= 0.3 is 6.03 Å². The number of phenolic OH excluding ortho intramolecular Hbond substituents is 1. The highest BCUT2D eigenvalue weighted by Gasteiger charge is 2.05. The molecule has 0 aliphatic carbocycles. The van der Waals surface area contributed by atoms with E-state index in [1.54, 1.807) is 0 Å². The summed E-state index contributed by atoms with van der Waals surface area (Å²) in [6.07, 6.45) is 0.